The summed E-state index contributed by atoms with van der Waals surface area (Å²) in [5, 5.41) is 12.8. The number of pyridine rings is 1. The van der Waals surface area contributed by atoms with Crippen LogP contribution in [0.15, 0.2) is 22.8 Å². The van der Waals surface area contributed by atoms with Crippen molar-refractivity contribution in [3.63, 3.8) is 0 Å². The highest BCUT2D eigenvalue weighted by Gasteiger charge is 2.18. The van der Waals surface area contributed by atoms with Gasteiger partial charge in [0.25, 0.3) is 0 Å². The van der Waals surface area contributed by atoms with Gasteiger partial charge in [-0.25, -0.2) is 4.98 Å². The molecule has 0 saturated carbocycles. The van der Waals surface area contributed by atoms with Gasteiger partial charge in [0.05, 0.1) is 11.8 Å². The molecule has 2 rings (SSSR count). The zero-order chi connectivity index (χ0) is 16.3. The molecule has 0 amide bonds. The lowest BCUT2D eigenvalue weighted by molar-refractivity contribution is 0.565. The monoisotopic (exact) mass is 362 g/mol. The Bertz CT molecular complexity index is 682. The molecule has 0 spiro atoms. The number of anilines is 1. The fraction of sp³-hybridized carbons (Fsp3) is 0.529. The summed E-state index contributed by atoms with van der Waals surface area (Å²) >= 11 is 3.51. The van der Waals surface area contributed by atoms with Gasteiger partial charge in [-0.05, 0) is 52.7 Å². The molecule has 2 heterocycles. The third-order valence-electron chi connectivity index (χ3n) is 3.43. The first-order valence-corrected chi connectivity index (χ1v) is 8.52. The number of rotatable bonds is 6. The highest BCUT2D eigenvalue weighted by molar-refractivity contribution is 9.10. The van der Waals surface area contributed by atoms with Crippen LogP contribution in [-0.4, -0.2) is 15.4 Å². The maximum absolute atomic E-state index is 9.42. The van der Waals surface area contributed by atoms with Gasteiger partial charge in [0, 0.05) is 10.7 Å². The van der Waals surface area contributed by atoms with Crippen molar-refractivity contribution in [2.24, 2.45) is 11.8 Å². The van der Waals surface area contributed by atoms with E-state index in [1.165, 1.54) is 0 Å². The number of nitriles is 1. The molecule has 0 radical (unpaired) electrons. The van der Waals surface area contributed by atoms with Gasteiger partial charge in [0.15, 0.2) is 0 Å². The van der Waals surface area contributed by atoms with Crippen molar-refractivity contribution in [2.75, 3.05) is 5.32 Å². The van der Waals surface area contributed by atoms with Crippen LogP contribution in [0.5, 0.6) is 0 Å². The molecule has 4 nitrogen and oxygen atoms in total. The number of hydrogen-bond acceptors (Lipinski definition) is 3. The van der Waals surface area contributed by atoms with Crippen molar-refractivity contribution < 1.29 is 0 Å². The van der Waals surface area contributed by atoms with Gasteiger partial charge in [0.2, 0.25) is 0 Å². The summed E-state index contributed by atoms with van der Waals surface area (Å²) < 4.78 is 3.03. The molecule has 0 aliphatic heterocycles. The van der Waals surface area contributed by atoms with Crippen LogP contribution in [0.4, 0.5) is 5.82 Å². The first-order chi connectivity index (χ1) is 10.4. The molecule has 0 aliphatic rings. The van der Waals surface area contributed by atoms with Gasteiger partial charge in [-0.3, -0.25) is 4.40 Å². The second kappa shape index (κ2) is 7.15. The summed E-state index contributed by atoms with van der Waals surface area (Å²) in [5.74, 6) is 1.92. The Balaban J connectivity index is 2.43. The molecule has 1 unspecified atom stereocenters. The summed E-state index contributed by atoms with van der Waals surface area (Å²) in [4.78, 5) is 4.73. The van der Waals surface area contributed by atoms with Crippen molar-refractivity contribution in [1.82, 2.24) is 9.38 Å². The van der Waals surface area contributed by atoms with Crippen LogP contribution in [0.3, 0.4) is 0 Å². The molecule has 1 N–H and O–H groups in total. The molecule has 0 bridgehead atoms. The molecule has 0 fully saturated rings. The predicted molar refractivity (Wildman–Crippen MR) is 93.9 cm³/mol. The smallest absolute Gasteiger partial charge is 0.138 e. The first kappa shape index (κ1) is 16.8. The molecular formula is C17H23BrN4. The quantitative estimate of drug-likeness (QED) is 0.813. The van der Waals surface area contributed by atoms with E-state index in [1.807, 2.05) is 22.7 Å². The lowest BCUT2D eigenvalue weighted by Crippen LogP contribution is -2.21. The number of fused-ring (bicyclic) bond motifs is 1. The van der Waals surface area contributed by atoms with Gasteiger partial charge in [0.1, 0.15) is 17.5 Å². The van der Waals surface area contributed by atoms with Crippen molar-refractivity contribution in [1.29, 1.82) is 5.26 Å². The van der Waals surface area contributed by atoms with Crippen LogP contribution in [0.1, 0.15) is 39.8 Å². The highest BCUT2D eigenvalue weighted by atomic mass is 79.9. The number of nitrogens with zero attached hydrogens (tertiary/aromatic N) is 3. The van der Waals surface area contributed by atoms with Crippen LogP contribution in [0.25, 0.3) is 5.65 Å². The Labute approximate surface area is 140 Å². The summed E-state index contributed by atoms with van der Waals surface area (Å²) in [6.07, 6.45) is 3.71. The Morgan fingerprint density at radius 2 is 2.00 bits per heavy atom. The predicted octanol–water partition coefficient (Wildman–Crippen LogP) is 4.65. The Hall–Kier alpha value is -1.54. The van der Waals surface area contributed by atoms with E-state index < -0.39 is 0 Å². The summed E-state index contributed by atoms with van der Waals surface area (Å²) in [5.41, 5.74) is 1.93. The van der Waals surface area contributed by atoms with E-state index in [2.05, 4.69) is 55.0 Å². The Morgan fingerprint density at radius 3 is 2.59 bits per heavy atom. The second-order valence-corrected chi connectivity index (χ2v) is 7.45. The average molecular weight is 363 g/mol. The normalized spacial score (nSPS) is 12.8. The molecule has 2 aromatic rings. The standard InChI is InChI=1S/C17H23BrN4/c1-11(2)7-14(9-19)20-17-15(8-12(3)4)21-16-6-5-13(18)10-22(16)17/h5-6,10-12,14,20H,7-8H2,1-4H3. The summed E-state index contributed by atoms with van der Waals surface area (Å²) in [6.45, 7) is 8.62. The van der Waals surface area contributed by atoms with Crippen LogP contribution < -0.4 is 5.32 Å². The van der Waals surface area contributed by atoms with Gasteiger partial charge < -0.3 is 5.32 Å². The molecule has 5 heteroatoms. The maximum atomic E-state index is 9.42. The first-order valence-electron chi connectivity index (χ1n) is 7.73. The minimum absolute atomic E-state index is 0.204. The number of imidazole rings is 1. The highest BCUT2D eigenvalue weighted by Crippen LogP contribution is 2.25. The van der Waals surface area contributed by atoms with Gasteiger partial charge >= 0.3 is 0 Å². The van der Waals surface area contributed by atoms with E-state index in [0.29, 0.717) is 11.8 Å². The van der Waals surface area contributed by atoms with E-state index in [-0.39, 0.29) is 6.04 Å². The van der Waals surface area contributed by atoms with Crippen molar-refractivity contribution in [2.45, 2.75) is 46.6 Å². The van der Waals surface area contributed by atoms with Gasteiger partial charge in [-0.2, -0.15) is 5.26 Å². The van der Waals surface area contributed by atoms with Crippen molar-refractivity contribution >= 4 is 27.4 Å². The van der Waals surface area contributed by atoms with E-state index in [9.17, 15) is 5.26 Å². The Kier molecular flexibility index (Phi) is 5.47. The molecular weight excluding hydrogens is 340 g/mol. The van der Waals surface area contributed by atoms with E-state index in [0.717, 1.165) is 34.5 Å². The molecule has 0 aliphatic carbocycles. The zero-order valence-electron chi connectivity index (χ0n) is 13.6. The van der Waals surface area contributed by atoms with E-state index >= 15 is 0 Å². The maximum Gasteiger partial charge on any atom is 0.138 e. The lowest BCUT2D eigenvalue weighted by Gasteiger charge is -2.16. The minimum Gasteiger partial charge on any atom is -0.354 e. The summed E-state index contributed by atoms with van der Waals surface area (Å²) in [6, 6.07) is 6.14. The van der Waals surface area contributed by atoms with Gasteiger partial charge in [-0.15, -0.1) is 0 Å². The molecule has 0 aromatic carbocycles. The third-order valence-corrected chi connectivity index (χ3v) is 3.90. The number of nitrogens with one attached hydrogen (secondary N) is 1. The minimum atomic E-state index is -0.204. The fourth-order valence-corrected chi connectivity index (χ4v) is 2.87. The summed E-state index contributed by atoms with van der Waals surface area (Å²) in [7, 11) is 0. The third kappa shape index (κ3) is 4.01. The molecule has 118 valence electrons. The SMILES string of the molecule is CC(C)Cc1nc2ccc(Br)cn2c1NC(C#N)CC(C)C. The van der Waals surface area contributed by atoms with Crippen LogP contribution in [0.2, 0.25) is 0 Å². The molecule has 1 atom stereocenters. The molecule has 2 aromatic heterocycles. The topological polar surface area (TPSA) is 53.1 Å². The van der Waals surface area contributed by atoms with Crippen molar-refractivity contribution in [3.8, 4) is 6.07 Å². The van der Waals surface area contributed by atoms with E-state index in [1.54, 1.807) is 0 Å². The lowest BCUT2D eigenvalue weighted by atomic mass is 10.0. The van der Waals surface area contributed by atoms with E-state index in [4.69, 9.17) is 4.98 Å². The van der Waals surface area contributed by atoms with Crippen LogP contribution >= 0.6 is 15.9 Å². The average Bonchev–Trinajstić information content (AvgIpc) is 2.74. The molecule has 0 saturated heterocycles. The number of hydrogen-bond donors (Lipinski definition) is 1. The molecule has 22 heavy (non-hydrogen) atoms. The van der Waals surface area contributed by atoms with Crippen molar-refractivity contribution in [3.05, 3.63) is 28.5 Å². The second-order valence-electron chi connectivity index (χ2n) is 6.54. The van der Waals surface area contributed by atoms with Crippen LogP contribution in [0, 0.1) is 23.2 Å². The number of aromatic nitrogens is 2. The fourth-order valence-electron chi connectivity index (χ4n) is 2.53. The number of halogens is 1. The largest absolute Gasteiger partial charge is 0.354 e. The Morgan fingerprint density at radius 1 is 1.27 bits per heavy atom. The zero-order valence-corrected chi connectivity index (χ0v) is 15.2. The van der Waals surface area contributed by atoms with Gasteiger partial charge in [-0.1, -0.05) is 27.7 Å². The van der Waals surface area contributed by atoms with Crippen LogP contribution in [-0.2, 0) is 6.42 Å².